The molecule has 1 aromatic heterocycles. The zero-order valence-electron chi connectivity index (χ0n) is 7.22. The fraction of sp³-hybridized carbons (Fsp3) is 0.429. The molecule has 0 N–H and O–H groups in total. The third-order valence-corrected chi connectivity index (χ3v) is 1.63. The zero-order valence-corrected chi connectivity index (χ0v) is 7.97. The number of hydrogen-bond acceptors (Lipinski definition) is 3. The first-order valence-electron chi connectivity index (χ1n) is 3.64. The SMILES string of the molecule is CN(CC(F)(F)F)c1cc(Cl)ncn1. The van der Waals surface area contributed by atoms with Gasteiger partial charge in [0.05, 0.1) is 0 Å². The van der Waals surface area contributed by atoms with Crippen LogP contribution in [0.4, 0.5) is 19.0 Å². The van der Waals surface area contributed by atoms with Gasteiger partial charge in [-0.1, -0.05) is 11.6 Å². The monoisotopic (exact) mass is 225 g/mol. The summed E-state index contributed by atoms with van der Waals surface area (Å²) in [6.45, 7) is -1.07. The molecule has 0 atom stereocenters. The molecule has 0 bridgehead atoms. The van der Waals surface area contributed by atoms with E-state index in [-0.39, 0.29) is 11.0 Å². The van der Waals surface area contributed by atoms with Crippen LogP contribution in [-0.4, -0.2) is 29.7 Å². The van der Waals surface area contributed by atoms with Gasteiger partial charge >= 0.3 is 6.18 Å². The first-order valence-corrected chi connectivity index (χ1v) is 4.02. The lowest BCUT2D eigenvalue weighted by molar-refractivity contribution is -0.119. The van der Waals surface area contributed by atoms with Gasteiger partial charge in [-0.3, -0.25) is 0 Å². The van der Waals surface area contributed by atoms with Crippen LogP contribution >= 0.6 is 11.6 Å². The number of hydrogen-bond donors (Lipinski definition) is 0. The van der Waals surface area contributed by atoms with Crippen LogP contribution in [0.2, 0.25) is 5.15 Å². The third-order valence-electron chi connectivity index (χ3n) is 1.43. The predicted octanol–water partition coefficient (Wildman–Crippen LogP) is 2.13. The lowest BCUT2D eigenvalue weighted by Gasteiger charge is -2.19. The quantitative estimate of drug-likeness (QED) is 0.722. The van der Waals surface area contributed by atoms with Crippen molar-refractivity contribution in [2.45, 2.75) is 6.18 Å². The molecule has 0 spiro atoms. The summed E-state index contributed by atoms with van der Waals surface area (Å²) in [5, 5.41) is 0.115. The fourth-order valence-electron chi connectivity index (χ4n) is 0.883. The molecule has 3 nitrogen and oxygen atoms in total. The Labute approximate surface area is 83.5 Å². The molecule has 0 aliphatic heterocycles. The Morgan fingerprint density at radius 3 is 2.57 bits per heavy atom. The van der Waals surface area contributed by atoms with E-state index in [1.165, 1.54) is 13.1 Å². The minimum absolute atomic E-state index is 0.115. The van der Waals surface area contributed by atoms with E-state index in [2.05, 4.69) is 9.97 Å². The molecule has 1 heterocycles. The molecule has 78 valence electrons. The Hall–Kier alpha value is -1.04. The maximum Gasteiger partial charge on any atom is 0.405 e. The number of aromatic nitrogens is 2. The Kier molecular flexibility index (Phi) is 3.15. The topological polar surface area (TPSA) is 29.0 Å². The van der Waals surface area contributed by atoms with Crippen LogP contribution in [0.5, 0.6) is 0 Å². The molecule has 14 heavy (non-hydrogen) atoms. The maximum atomic E-state index is 12.0. The summed E-state index contributed by atoms with van der Waals surface area (Å²) in [7, 11) is 1.28. The van der Waals surface area contributed by atoms with Crippen molar-refractivity contribution >= 4 is 17.4 Å². The summed E-state index contributed by atoms with van der Waals surface area (Å²) in [6.07, 6.45) is -3.14. The predicted molar refractivity (Wildman–Crippen MR) is 46.4 cm³/mol. The van der Waals surface area contributed by atoms with E-state index >= 15 is 0 Å². The maximum absolute atomic E-state index is 12.0. The number of alkyl halides is 3. The van der Waals surface area contributed by atoms with Crippen LogP contribution in [-0.2, 0) is 0 Å². The second kappa shape index (κ2) is 4.00. The summed E-state index contributed by atoms with van der Waals surface area (Å²) < 4.78 is 35.9. The Morgan fingerprint density at radius 2 is 2.07 bits per heavy atom. The average molecular weight is 226 g/mol. The van der Waals surface area contributed by atoms with E-state index in [0.717, 1.165) is 11.2 Å². The van der Waals surface area contributed by atoms with Crippen LogP contribution in [0.15, 0.2) is 12.4 Å². The second-order valence-electron chi connectivity index (χ2n) is 2.67. The highest BCUT2D eigenvalue weighted by atomic mass is 35.5. The van der Waals surface area contributed by atoms with Crippen LogP contribution in [0, 0.1) is 0 Å². The van der Waals surface area contributed by atoms with Crippen molar-refractivity contribution in [3.8, 4) is 0 Å². The van der Waals surface area contributed by atoms with Gasteiger partial charge in [-0.2, -0.15) is 13.2 Å². The number of nitrogens with zero attached hydrogens (tertiary/aromatic N) is 3. The summed E-state index contributed by atoms with van der Waals surface area (Å²) in [5.41, 5.74) is 0. The zero-order chi connectivity index (χ0) is 10.8. The molecule has 0 saturated carbocycles. The molecule has 1 rings (SSSR count). The van der Waals surface area contributed by atoms with Gasteiger partial charge in [-0.15, -0.1) is 0 Å². The molecule has 0 amide bonds. The van der Waals surface area contributed by atoms with Crippen molar-refractivity contribution in [1.29, 1.82) is 0 Å². The van der Waals surface area contributed by atoms with E-state index < -0.39 is 12.7 Å². The molecule has 0 aliphatic rings. The number of halogens is 4. The van der Waals surface area contributed by atoms with Gasteiger partial charge in [0.15, 0.2) is 0 Å². The lowest BCUT2D eigenvalue weighted by Crippen LogP contribution is -2.31. The Bertz CT molecular complexity index is 315. The molecule has 7 heteroatoms. The van der Waals surface area contributed by atoms with Gasteiger partial charge in [-0.25, -0.2) is 9.97 Å². The summed E-state index contributed by atoms with van der Waals surface area (Å²) >= 11 is 5.50. The first-order chi connectivity index (χ1) is 6.38. The van der Waals surface area contributed by atoms with E-state index in [9.17, 15) is 13.2 Å². The standard InChI is InChI=1S/C7H7ClF3N3/c1-14(3-7(9,10)11)6-2-5(8)12-4-13-6/h2,4H,3H2,1H3. The molecule has 0 saturated heterocycles. The van der Waals surface area contributed by atoms with Gasteiger partial charge in [-0.05, 0) is 0 Å². The second-order valence-corrected chi connectivity index (χ2v) is 3.06. The summed E-state index contributed by atoms with van der Waals surface area (Å²) in [4.78, 5) is 8.17. The molecule has 0 radical (unpaired) electrons. The molecular weight excluding hydrogens is 219 g/mol. The molecule has 0 unspecified atom stereocenters. The minimum atomic E-state index is -4.26. The van der Waals surface area contributed by atoms with Crippen molar-refractivity contribution in [2.24, 2.45) is 0 Å². The molecule has 1 aromatic rings. The minimum Gasteiger partial charge on any atom is -0.350 e. The van der Waals surface area contributed by atoms with E-state index in [4.69, 9.17) is 11.6 Å². The first kappa shape index (κ1) is 11.0. The van der Waals surface area contributed by atoms with Crippen molar-refractivity contribution in [3.63, 3.8) is 0 Å². The van der Waals surface area contributed by atoms with E-state index in [1.54, 1.807) is 0 Å². The van der Waals surface area contributed by atoms with Crippen molar-refractivity contribution < 1.29 is 13.2 Å². The van der Waals surface area contributed by atoms with Gasteiger partial charge in [0.1, 0.15) is 23.8 Å². The van der Waals surface area contributed by atoms with Gasteiger partial charge in [0.2, 0.25) is 0 Å². The average Bonchev–Trinajstić information content (AvgIpc) is 2.01. The molecule has 0 aliphatic carbocycles. The van der Waals surface area contributed by atoms with Gasteiger partial charge < -0.3 is 4.90 Å². The highest BCUT2D eigenvalue weighted by molar-refractivity contribution is 6.29. The van der Waals surface area contributed by atoms with E-state index in [0.29, 0.717) is 0 Å². The highest BCUT2D eigenvalue weighted by Gasteiger charge is 2.29. The summed E-state index contributed by atoms with van der Waals surface area (Å²) in [6, 6.07) is 1.27. The van der Waals surface area contributed by atoms with Crippen LogP contribution in [0.1, 0.15) is 0 Å². The highest BCUT2D eigenvalue weighted by Crippen LogP contribution is 2.20. The number of anilines is 1. The van der Waals surface area contributed by atoms with E-state index in [1.807, 2.05) is 0 Å². The Balaban J connectivity index is 2.74. The lowest BCUT2D eigenvalue weighted by atomic mass is 10.5. The Morgan fingerprint density at radius 1 is 1.43 bits per heavy atom. The smallest absolute Gasteiger partial charge is 0.350 e. The fourth-order valence-corrected chi connectivity index (χ4v) is 1.02. The normalized spacial score (nSPS) is 11.5. The van der Waals surface area contributed by atoms with Crippen LogP contribution in [0.25, 0.3) is 0 Å². The van der Waals surface area contributed by atoms with Crippen molar-refractivity contribution in [1.82, 2.24) is 9.97 Å². The summed E-state index contributed by atoms with van der Waals surface area (Å²) in [5.74, 6) is 0.141. The van der Waals surface area contributed by atoms with Gasteiger partial charge in [0.25, 0.3) is 0 Å². The van der Waals surface area contributed by atoms with Crippen LogP contribution in [0.3, 0.4) is 0 Å². The number of rotatable bonds is 2. The van der Waals surface area contributed by atoms with Crippen LogP contribution < -0.4 is 4.90 Å². The third kappa shape index (κ3) is 3.37. The molecule has 0 aromatic carbocycles. The van der Waals surface area contributed by atoms with Crippen molar-refractivity contribution in [3.05, 3.63) is 17.5 Å². The van der Waals surface area contributed by atoms with Crippen molar-refractivity contribution in [2.75, 3.05) is 18.5 Å². The van der Waals surface area contributed by atoms with Gasteiger partial charge in [0, 0.05) is 13.1 Å². The molecular formula is C7H7ClF3N3. The largest absolute Gasteiger partial charge is 0.405 e. The molecule has 0 fully saturated rings.